The Morgan fingerprint density at radius 3 is 2.52 bits per heavy atom. The number of carbonyl (C=O) groups excluding carboxylic acids is 2. The average Bonchev–Trinajstić information content (AvgIpc) is 2.96. The summed E-state index contributed by atoms with van der Waals surface area (Å²) in [4.78, 5) is 23.6. The van der Waals surface area contributed by atoms with Crippen LogP contribution in [-0.4, -0.2) is 23.6 Å². The van der Waals surface area contributed by atoms with Crippen molar-refractivity contribution >= 4 is 17.6 Å². The van der Waals surface area contributed by atoms with E-state index in [-0.39, 0.29) is 5.91 Å². The van der Waals surface area contributed by atoms with Crippen LogP contribution in [0.4, 0.5) is 5.69 Å². The summed E-state index contributed by atoms with van der Waals surface area (Å²) >= 11 is 0. The van der Waals surface area contributed by atoms with Gasteiger partial charge < -0.3 is 14.6 Å². The highest BCUT2D eigenvalue weighted by Gasteiger charge is 2.11. The van der Waals surface area contributed by atoms with Crippen molar-refractivity contribution in [2.45, 2.75) is 19.9 Å². The molecule has 2 rings (SSSR count). The van der Waals surface area contributed by atoms with Gasteiger partial charge in [0.15, 0.2) is 0 Å². The standard InChI is InChI=1S/C16H18N2O3/c1-3-10-18-11-4-5-14(18)15(19)17-13-8-6-12(7-9-13)16(20)21-2/h4-9,11H,3,10H2,1-2H3,(H,17,19). The second-order valence-electron chi connectivity index (χ2n) is 4.61. The van der Waals surface area contributed by atoms with Crippen molar-refractivity contribution in [2.75, 3.05) is 12.4 Å². The molecule has 1 amide bonds. The molecular formula is C16H18N2O3. The quantitative estimate of drug-likeness (QED) is 0.860. The van der Waals surface area contributed by atoms with E-state index in [4.69, 9.17) is 0 Å². The summed E-state index contributed by atoms with van der Waals surface area (Å²) < 4.78 is 6.54. The Morgan fingerprint density at radius 1 is 1.19 bits per heavy atom. The first kappa shape index (κ1) is 14.8. The molecule has 0 aliphatic rings. The Balaban J connectivity index is 2.09. The highest BCUT2D eigenvalue weighted by Crippen LogP contribution is 2.13. The molecule has 1 heterocycles. The minimum atomic E-state index is -0.398. The number of anilines is 1. The van der Waals surface area contributed by atoms with Crippen LogP contribution >= 0.6 is 0 Å². The van der Waals surface area contributed by atoms with E-state index in [2.05, 4.69) is 17.0 Å². The van der Waals surface area contributed by atoms with Crippen LogP contribution in [0.1, 0.15) is 34.2 Å². The lowest BCUT2D eigenvalue weighted by atomic mass is 10.2. The second kappa shape index (κ2) is 6.74. The van der Waals surface area contributed by atoms with Gasteiger partial charge in [0, 0.05) is 18.4 Å². The number of methoxy groups -OCH3 is 1. The smallest absolute Gasteiger partial charge is 0.337 e. The molecule has 0 saturated carbocycles. The third kappa shape index (κ3) is 3.51. The number of nitrogens with one attached hydrogen (secondary N) is 1. The number of amides is 1. The van der Waals surface area contributed by atoms with Crippen molar-refractivity contribution in [1.82, 2.24) is 4.57 Å². The van der Waals surface area contributed by atoms with E-state index in [9.17, 15) is 9.59 Å². The van der Waals surface area contributed by atoms with Gasteiger partial charge in [-0.15, -0.1) is 0 Å². The summed E-state index contributed by atoms with van der Waals surface area (Å²) in [7, 11) is 1.33. The number of nitrogens with zero attached hydrogens (tertiary/aromatic N) is 1. The summed E-state index contributed by atoms with van der Waals surface area (Å²) in [6, 6.07) is 10.2. The molecule has 0 bridgehead atoms. The molecule has 0 saturated heterocycles. The van der Waals surface area contributed by atoms with Crippen molar-refractivity contribution < 1.29 is 14.3 Å². The molecule has 110 valence electrons. The van der Waals surface area contributed by atoms with Gasteiger partial charge in [-0.05, 0) is 42.8 Å². The van der Waals surface area contributed by atoms with Crippen LogP contribution in [0.25, 0.3) is 0 Å². The Morgan fingerprint density at radius 2 is 1.90 bits per heavy atom. The van der Waals surface area contributed by atoms with Crippen LogP contribution < -0.4 is 5.32 Å². The van der Waals surface area contributed by atoms with Crippen molar-refractivity contribution in [1.29, 1.82) is 0 Å². The van der Waals surface area contributed by atoms with Crippen LogP contribution in [0.5, 0.6) is 0 Å². The minimum Gasteiger partial charge on any atom is -0.465 e. The first-order valence-corrected chi connectivity index (χ1v) is 6.80. The van der Waals surface area contributed by atoms with Crippen molar-refractivity contribution in [2.24, 2.45) is 0 Å². The fraction of sp³-hybridized carbons (Fsp3) is 0.250. The van der Waals surface area contributed by atoms with Gasteiger partial charge in [0.25, 0.3) is 5.91 Å². The van der Waals surface area contributed by atoms with Gasteiger partial charge in [0.05, 0.1) is 12.7 Å². The summed E-state index contributed by atoms with van der Waals surface area (Å²) in [5.74, 6) is -0.566. The monoisotopic (exact) mass is 286 g/mol. The van der Waals surface area contributed by atoms with Gasteiger partial charge >= 0.3 is 5.97 Å². The lowest BCUT2D eigenvalue weighted by molar-refractivity contribution is 0.0600. The number of ether oxygens (including phenoxy) is 1. The van der Waals surface area contributed by atoms with E-state index in [1.54, 1.807) is 30.3 Å². The first-order valence-electron chi connectivity index (χ1n) is 6.80. The lowest BCUT2D eigenvalue weighted by Crippen LogP contribution is -2.16. The topological polar surface area (TPSA) is 60.3 Å². The van der Waals surface area contributed by atoms with Crippen LogP contribution in [0.15, 0.2) is 42.6 Å². The number of hydrogen-bond acceptors (Lipinski definition) is 3. The number of benzene rings is 1. The SMILES string of the molecule is CCCn1cccc1C(=O)Nc1ccc(C(=O)OC)cc1. The molecule has 0 fully saturated rings. The molecule has 0 aliphatic heterocycles. The fourth-order valence-electron chi connectivity index (χ4n) is 2.06. The molecule has 0 aliphatic carbocycles. The van der Waals surface area contributed by atoms with Crippen molar-refractivity contribution in [3.8, 4) is 0 Å². The van der Waals surface area contributed by atoms with Crippen LogP contribution in [0, 0.1) is 0 Å². The number of hydrogen-bond donors (Lipinski definition) is 1. The predicted molar refractivity (Wildman–Crippen MR) is 80.5 cm³/mol. The lowest BCUT2D eigenvalue weighted by Gasteiger charge is -2.09. The number of rotatable bonds is 5. The van der Waals surface area contributed by atoms with E-state index >= 15 is 0 Å². The highest BCUT2D eigenvalue weighted by atomic mass is 16.5. The number of aromatic nitrogens is 1. The molecule has 0 unspecified atom stereocenters. The van der Waals surface area contributed by atoms with Gasteiger partial charge in [0.1, 0.15) is 5.69 Å². The molecule has 21 heavy (non-hydrogen) atoms. The van der Waals surface area contributed by atoms with Gasteiger partial charge in [0.2, 0.25) is 0 Å². The number of carbonyl (C=O) groups is 2. The zero-order valence-electron chi connectivity index (χ0n) is 12.1. The van der Waals surface area contributed by atoms with E-state index < -0.39 is 5.97 Å². The number of aryl methyl sites for hydroxylation is 1. The maximum atomic E-state index is 12.2. The van der Waals surface area contributed by atoms with E-state index in [0.717, 1.165) is 13.0 Å². The van der Waals surface area contributed by atoms with Gasteiger partial charge in [-0.2, -0.15) is 0 Å². The molecule has 1 aromatic carbocycles. The molecule has 1 aromatic heterocycles. The summed E-state index contributed by atoms with van der Waals surface area (Å²) in [6.07, 6.45) is 2.85. The normalized spacial score (nSPS) is 10.2. The van der Waals surface area contributed by atoms with Gasteiger partial charge in [-0.1, -0.05) is 6.92 Å². The van der Waals surface area contributed by atoms with Crippen LogP contribution in [0.3, 0.4) is 0 Å². The largest absolute Gasteiger partial charge is 0.465 e. The Kier molecular flexibility index (Phi) is 4.77. The van der Waals surface area contributed by atoms with E-state index in [1.165, 1.54) is 7.11 Å². The maximum absolute atomic E-state index is 12.2. The summed E-state index contributed by atoms with van der Waals surface area (Å²) in [5, 5.41) is 2.82. The third-order valence-electron chi connectivity index (χ3n) is 3.09. The summed E-state index contributed by atoms with van der Waals surface area (Å²) in [5.41, 5.74) is 1.70. The molecule has 0 spiro atoms. The molecule has 0 atom stereocenters. The number of esters is 1. The van der Waals surface area contributed by atoms with Crippen molar-refractivity contribution in [3.63, 3.8) is 0 Å². The van der Waals surface area contributed by atoms with Gasteiger partial charge in [-0.25, -0.2) is 4.79 Å². The Labute approximate surface area is 123 Å². The predicted octanol–water partition coefficient (Wildman–Crippen LogP) is 2.94. The van der Waals surface area contributed by atoms with Crippen molar-refractivity contribution in [3.05, 3.63) is 53.9 Å². The van der Waals surface area contributed by atoms with Gasteiger partial charge in [-0.3, -0.25) is 4.79 Å². The first-order chi connectivity index (χ1) is 10.2. The third-order valence-corrected chi connectivity index (χ3v) is 3.09. The van der Waals surface area contributed by atoms with E-state index in [0.29, 0.717) is 16.9 Å². The summed E-state index contributed by atoms with van der Waals surface area (Å²) in [6.45, 7) is 2.87. The maximum Gasteiger partial charge on any atom is 0.337 e. The molecule has 0 radical (unpaired) electrons. The van der Waals surface area contributed by atoms with Crippen LogP contribution in [0.2, 0.25) is 0 Å². The molecule has 5 heteroatoms. The molecule has 5 nitrogen and oxygen atoms in total. The minimum absolute atomic E-state index is 0.167. The van der Waals surface area contributed by atoms with E-state index in [1.807, 2.05) is 16.8 Å². The average molecular weight is 286 g/mol. The zero-order valence-corrected chi connectivity index (χ0v) is 12.1. The zero-order chi connectivity index (χ0) is 15.2. The Bertz CT molecular complexity index is 629. The molecular weight excluding hydrogens is 268 g/mol. The molecule has 1 N–H and O–H groups in total. The fourth-order valence-corrected chi connectivity index (χ4v) is 2.06. The Hall–Kier alpha value is -2.56. The second-order valence-corrected chi connectivity index (χ2v) is 4.61. The molecule has 2 aromatic rings. The van der Waals surface area contributed by atoms with Crippen LogP contribution in [-0.2, 0) is 11.3 Å². The highest BCUT2D eigenvalue weighted by molar-refractivity contribution is 6.03.